The molecule has 0 aliphatic rings. The van der Waals surface area contributed by atoms with E-state index >= 15 is 0 Å². The van der Waals surface area contributed by atoms with Crippen LogP contribution in [0, 0.1) is 0 Å². The van der Waals surface area contributed by atoms with Crippen LogP contribution in [0.5, 0.6) is 0 Å². The van der Waals surface area contributed by atoms with E-state index in [1.807, 2.05) is 0 Å². The molecule has 0 saturated carbocycles. The van der Waals surface area contributed by atoms with E-state index in [4.69, 9.17) is 13.0 Å². The highest BCUT2D eigenvalue weighted by Crippen LogP contribution is 2.29. The normalized spacial score (nSPS) is 11.3. The molecule has 0 aliphatic heterocycles. The second-order valence-electron chi connectivity index (χ2n) is 3.99. The van der Waals surface area contributed by atoms with Gasteiger partial charge in [-0.2, -0.15) is 21.6 Å². The molecule has 21 heavy (non-hydrogen) atoms. The van der Waals surface area contributed by atoms with E-state index in [9.17, 15) is 18.0 Å². The van der Waals surface area contributed by atoms with Gasteiger partial charge in [-0.1, -0.05) is 16.7 Å². The van der Waals surface area contributed by atoms with Gasteiger partial charge < -0.3 is 4.74 Å². The number of esters is 1. The third-order valence-corrected chi connectivity index (χ3v) is 1.98. The zero-order chi connectivity index (χ0) is 16.7. The quantitative estimate of drug-likeness (QED) is 0.797. The maximum Gasteiger partial charge on any atom is 0.416 e. The lowest BCUT2D eigenvalue weighted by molar-refractivity contribution is -0.140. The van der Waals surface area contributed by atoms with Crippen molar-refractivity contribution < 1.29 is 35.7 Å². The van der Waals surface area contributed by atoms with Crippen molar-refractivity contribution in [2.24, 2.45) is 0 Å². The molecule has 0 aliphatic carbocycles. The molecular formula is C12H14F3O5S. The number of hydrogen-bond donors (Lipinski definition) is 0. The molecule has 0 spiro atoms. The van der Waals surface area contributed by atoms with Crippen molar-refractivity contribution in [3.8, 4) is 0 Å². The van der Waals surface area contributed by atoms with E-state index < -0.39 is 27.8 Å². The number of carbonyl (C=O) groups excluding carboxylic acids is 1. The first-order chi connectivity index (χ1) is 9.39. The molecule has 1 aromatic rings. The van der Waals surface area contributed by atoms with E-state index in [-0.39, 0.29) is 6.61 Å². The lowest BCUT2D eigenvalue weighted by Gasteiger charge is -2.07. The van der Waals surface area contributed by atoms with Gasteiger partial charge >= 0.3 is 12.1 Å². The molecule has 119 valence electrons. The minimum Gasteiger partial charge on any atom is -0.466 e. The fraction of sp³-hybridized carbons (Fsp3) is 0.417. The summed E-state index contributed by atoms with van der Waals surface area (Å²) >= 11 is 0. The van der Waals surface area contributed by atoms with Crippen molar-refractivity contribution in [2.45, 2.75) is 19.5 Å². The Morgan fingerprint density at radius 3 is 1.95 bits per heavy atom. The highest BCUT2D eigenvalue weighted by molar-refractivity contribution is 7.84. The first kappa shape index (κ1) is 19.4. The van der Waals surface area contributed by atoms with Gasteiger partial charge in [0.05, 0.1) is 18.4 Å². The highest BCUT2D eigenvalue weighted by atomic mass is 32.2. The van der Waals surface area contributed by atoms with Crippen molar-refractivity contribution in [2.75, 3.05) is 12.9 Å². The third kappa shape index (κ3) is 11.9. The topological polar surface area (TPSA) is 80.3 Å². The fourth-order valence-corrected chi connectivity index (χ4v) is 1.17. The van der Waals surface area contributed by atoms with Crippen molar-refractivity contribution in [1.82, 2.24) is 0 Å². The Morgan fingerprint density at radius 1 is 1.19 bits per heavy atom. The second kappa shape index (κ2) is 7.99. The summed E-state index contributed by atoms with van der Waals surface area (Å²) in [7, 11) is -3.92. The van der Waals surface area contributed by atoms with Crippen molar-refractivity contribution in [3.63, 3.8) is 0 Å². The second-order valence-corrected chi connectivity index (χ2v) is 5.40. The Labute approximate surface area is 120 Å². The molecule has 0 amide bonds. The SMILES string of the molecule is CC(=O)OCCc1ccc(C(F)(F)F)cc1.CS([O])(=O)=O. The first-order valence-electron chi connectivity index (χ1n) is 5.60. The average molecular weight is 327 g/mol. The van der Waals surface area contributed by atoms with Crippen LogP contribution < -0.4 is 0 Å². The van der Waals surface area contributed by atoms with Crippen LogP contribution in [0.15, 0.2) is 24.3 Å². The Balaban J connectivity index is 0.000000690. The number of rotatable bonds is 3. The van der Waals surface area contributed by atoms with Gasteiger partial charge in [0.15, 0.2) is 0 Å². The molecule has 0 bridgehead atoms. The number of halogens is 3. The Bertz CT molecular complexity index is 541. The van der Waals surface area contributed by atoms with Gasteiger partial charge in [-0.15, -0.1) is 0 Å². The summed E-state index contributed by atoms with van der Waals surface area (Å²) in [5.74, 6) is -0.396. The van der Waals surface area contributed by atoms with Crippen molar-refractivity contribution in [3.05, 3.63) is 35.4 Å². The van der Waals surface area contributed by atoms with Gasteiger partial charge in [0.1, 0.15) is 0 Å². The van der Waals surface area contributed by atoms with Crippen molar-refractivity contribution in [1.29, 1.82) is 0 Å². The molecule has 1 radical (unpaired) electrons. The summed E-state index contributed by atoms with van der Waals surface area (Å²) in [5, 5.41) is 0. The zero-order valence-electron chi connectivity index (χ0n) is 11.3. The van der Waals surface area contributed by atoms with Crippen LogP contribution in [-0.4, -0.2) is 27.2 Å². The zero-order valence-corrected chi connectivity index (χ0v) is 12.1. The highest BCUT2D eigenvalue weighted by Gasteiger charge is 2.29. The Hall–Kier alpha value is -1.61. The summed E-state index contributed by atoms with van der Waals surface area (Å²) in [6, 6.07) is 4.80. The smallest absolute Gasteiger partial charge is 0.416 e. The molecule has 9 heteroatoms. The van der Waals surface area contributed by atoms with E-state index in [1.165, 1.54) is 19.1 Å². The number of alkyl halides is 3. The van der Waals surface area contributed by atoms with Gasteiger partial charge in [-0.25, -0.2) is 0 Å². The summed E-state index contributed by atoms with van der Waals surface area (Å²) in [5.41, 5.74) is 0.0259. The standard InChI is InChI=1S/C11H11F3O2.CH3O3S/c1-8(15)16-7-6-9-2-4-10(5-3-9)11(12,13)14;1-5(2,3)4/h2-5H,6-7H2,1H3;1H3. The average Bonchev–Trinajstić information content (AvgIpc) is 2.25. The molecule has 0 N–H and O–H groups in total. The molecule has 0 aromatic heterocycles. The predicted octanol–water partition coefficient (Wildman–Crippen LogP) is 2.19. The number of benzene rings is 1. The van der Waals surface area contributed by atoms with Crippen LogP contribution in [0.3, 0.4) is 0 Å². The van der Waals surface area contributed by atoms with Crippen LogP contribution in [0.2, 0.25) is 0 Å². The van der Waals surface area contributed by atoms with Gasteiger partial charge in [-0.3, -0.25) is 4.79 Å². The van der Waals surface area contributed by atoms with Crippen molar-refractivity contribution >= 4 is 16.1 Å². The van der Waals surface area contributed by atoms with E-state index in [0.29, 0.717) is 18.2 Å². The molecule has 0 fully saturated rings. The van der Waals surface area contributed by atoms with E-state index in [1.54, 1.807) is 0 Å². The van der Waals surface area contributed by atoms with Gasteiger partial charge in [0.25, 0.3) is 10.1 Å². The van der Waals surface area contributed by atoms with Gasteiger partial charge in [-0.05, 0) is 17.7 Å². The third-order valence-electron chi connectivity index (χ3n) is 1.98. The molecule has 1 aromatic carbocycles. The number of ether oxygens (including phenoxy) is 1. The molecular weight excluding hydrogens is 313 g/mol. The van der Waals surface area contributed by atoms with E-state index in [2.05, 4.69) is 4.74 Å². The minimum atomic E-state index is -4.31. The number of carbonyl (C=O) groups is 1. The lowest BCUT2D eigenvalue weighted by atomic mass is 10.1. The summed E-state index contributed by atoms with van der Waals surface area (Å²) < 4.78 is 68.5. The Kier molecular flexibility index (Phi) is 7.37. The van der Waals surface area contributed by atoms with Crippen LogP contribution in [0.1, 0.15) is 18.1 Å². The summed E-state index contributed by atoms with van der Waals surface area (Å²) in [6.07, 6.45) is -3.29. The molecule has 0 unspecified atom stereocenters. The van der Waals surface area contributed by atoms with Crippen LogP contribution in [-0.2, 0) is 36.8 Å². The summed E-state index contributed by atoms with van der Waals surface area (Å²) in [4.78, 5) is 10.4. The fourth-order valence-electron chi connectivity index (χ4n) is 1.17. The lowest BCUT2D eigenvalue weighted by Crippen LogP contribution is -2.06. The van der Waals surface area contributed by atoms with Crippen LogP contribution >= 0.6 is 0 Å². The first-order valence-corrected chi connectivity index (χ1v) is 7.41. The van der Waals surface area contributed by atoms with Gasteiger partial charge in [0, 0.05) is 13.3 Å². The monoisotopic (exact) mass is 327 g/mol. The molecule has 5 nitrogen and oxygen atoms in total. The maximum atomic E-state index is 12.2. The molecule has 1 rings (SSSR count). The Morgan fingerprint density at radius 2 is 1.62 bits per heavy atom. The largest absolute Gasteiger partial charge is 0.466 e. The summed E-state index contributed by atoms with van der Waals surface area (Å²) in [6.45, 7) is 1.47. The predicted molar refractivity (Wildman–Crippen MR) is 67.3 cm³/mol. The van der Waals surface area contributed by atoms with Crippen LogP contribution in [0.4, 0.5) is 13.2 Å². The molecule has 0 heterocycles. The molecule has 0 atom stereocenters. The maximum absolute atomic E-state index is 12.2. The van der Waals surface area contributed by atoms with E-state index in [0.717, 1.165) is 12.1 Å². The minimum absolute atomic E-state index is 0.181. The number of hydrogen-bond acceptors (Lipinski definition) is 4. The molecule has 0 saturated heterocycles. The van der Waals surface area contributed by atoms with Crippen LogP contribution in [0.25, 0.3) is 0 Å². The van der Waals surface area contributed by atoms with Gasteiger partial charge in [0.2, 0.25) is 0 Å².